The van der Waals surface area contributed by atoms with Crippen molar-refractivity contribution >= 4 is 20.0 Å². The number of imidazole rings is 2. The van der Waals surface area contributed by atoms with E-state index in [1.54, 1.807) is 23.2 Å². The molecule has 0 spiro atoms. The van der Waals surface area contributed by atoms with Crippen molar-refractivity contribution in [3.63, 3.8) is 0 Å². The van der Waals surface area contributed by atoms with Gasteiger partial charge < -0.3 is 9.13 Å². The first kappa shape index (κ1) is 18.0. The fourth-order valence-electron chi connectivity index (χ4n) is 2.66. The molecule has 25 heavy (non-hydrogen) atoms. The molecular formula is C13H20N6O4S2. The molecule has 0 unspecified atom stereocenters. The molecule has 12 heteroatoms. The van der Waals surface area contributed by atoms with Gasteiger partial charge in [-0.3, -0.25) is 0 Å². The Labute approximate surface area is 146 Å². The molecule has 1 saturated heterocycles. The lowest BCUT2D eigenvalue weighted by Gasteiger charge is -2.20. The van der Waals surface area contributed by atoms with Gasteiger partial charge in [-0.1, -0.05) is 0 Å². The number of hydrogen-bond acceptors (Lipinski definition) is 6. The van der Waals surface area contributed by atoms with E-state index in [9.17, 15) is 16.8 Å². The van der Waals surface area contributed by atoms with E-state index in [-0.39, 0.29) is 36.2 Å². The van der Waals surface area contributed by atoms with Crippen LogP contribution in [-0.4, -0.2) is 70.7 Å². The molecule has 1 aliphatic rings. The molecule has 1 aliphatic heterocycles. The van der Waals surface area contributed by atoms with Crippen molar-refractivity contribution in [3.05, 3.63) is 25.0 Å². The highest BCUT2D eigenvalue weighted by Crippen LogP contribution is 2.19. The van der Waals surface area contributed by atoms with Crippen molar-refractivity contribution in [2.75, 3.05) is 26.2 Å². The first-order chi connectivity index (χ1) is 11.7. The average molecular weight is 388 g/mol. The molecule has 0 saturated carbocycles. The predicted octanol–water partition coefficient (Wildman–Crippen LogP) is -0.761. The molecule has 0 atom stereocenters. The number of sulfonamides is 2. The zero-order chi connectivity index (χ0) is 18.2. The highest BCUT2D eigenvalue weighted by molar-refractivity contribution is 7.89. The van der Waals surface area contributed by atoms with Gasteiger partial charge in [-0.05, 0) is 6.42 Å². The van der Waals surface area contributed by atoms with Gasteiger partial charge in [0.05, 0.1) is 12.7 Å². The number of aryl methyl sites for hydroxylation is 2. The minimum absolute atomic E-state index is 0.0315. The molecule has 0 amide bonds. The molecule has 138 valence electrons. The summed E-state index contributed by atoms with van der Waals surface area (Å²) >= 11 is 0. The van der Waals surface area contributed by atoms with E-state index < -0.39 is 20.0 Å². The number of rotatable bonds is 4. The second-order valence-corrected chi connectivity index (χ2v) is 9.69. The topological polar surface area (TPSA) is 110 Å². The molecular weight excluding hydrogens is 368 g/mol. The lowest BCUT2D eigenvalue weighted by Crippen LogP contribution is -2.37. The molecule has 0 N–H and O–H groups in total. The standard InChI is InChI=1S/C13H20N6O4S2/c1-16-8-12(14-10-16)24(20,21)18-4-3-5-19(7-6-18)25(22,23)13-9-17(2)11-15-13/h8-11H,3-7H2,1-2H3. The van der Waals surface area contributed by atoms with Crippen molar-refractivity contribution in [2.24, 2.45) is 14.1 Å². The molecule has 2 aromatic heterocycles. The van der Waals surface area contributed by atoms with Gasteiger partial charge in [-0.15, -0.1) is 0 Å². The number of hydrogen-bond donors (Lipinski definition) is 0. The van der Waals surface area contributed by atoms with Crippen LogP contribution in [0, 0.1) is 0 Å². The first-order valence-electron chi connectivity index (χ1n) is 7.67. The summed E-state index contributed by atoms with van der Waals surface area (Å²) in [6.45, 7) is 0.635. The summed E-state index contributed by atoms with van der Waals surface area (Å²) in [6, 6.07) is 0. The van der Waals surface area contributed by atoms with E-state index in [0.717, 1.165) is 0 Å². The quantitative estimate of drug-likeness (QED) is 0.681. The van der Waals surface area contributed by atoms with Crippen LogP contribution in [0.3, 0.4) is 0 Å². The van der Waals surface area contributed by atoms with Crippen LogP contribution < -0.4 is 0 Å². The largest absolute Gasteiger partial charge is 0.339 e. The normalized spacial score (nSPS) is 18.3. The van der Waals surface area contributed by atoms with Crippen LogP contribution in [0.4, 0.5) is 0 Å². The van der Waals surface area contributed by atoms with Gasteiger partial charge in [0.2, 0.25) is 0 Å². The highest BCUT2D eigenvalue weighted by atomic mass is 32.2. The predicted molar refractivity (Wildman–Crippen MR) is 88.6 cm³/mol. The van der Waals surface area contributed by atoms with Crippen LogP contribution in [0.1, 0.15) is 6.42 Å². The van der Waals surface area contributed by atoms with Crippen LogP contribution >= 0.6 is 0 Å². The number of nitrogens with zero attached hydrogens (tertiary/aromatic N) is 6. The lowest BCUT2D eigenvalue weighted by molar-refractivity contribution is 0.403. The fourth-order valence-corrected chi connectivity index (χ4v) is 5.53. The maximum Gasteiger partial charge on any atom is 0.262 e. The highest BCUT2D eigenvalue weighted by Gasteiger charge is 2.33. The van der Waals surface area contributed by atoms with Crippen molar-refractivity contribution in [2.45, 2.75) is 16.5 Å². The van der Waals surface area contributed by atoms with Gasteiger partial charge in [0, 0.05) is 52.7 Å². The summed E-state index contributed by atoms with van der Waals surface area (Å²) in [7, 11) is -4.09. The third kappa shape index (κ3) is 3.47. The third-order valence-electron chi connectivity index (χ3n) is 3.98. The van der Waals surface area contributed by atoms with Crippen LogP contribution in [0.25, 0.3) is 0 Å². The van der Waals surface area contributed by atoms with Crippen molar-refractivity contribution in [1.82, 2.24) is 27.7 Å². The Balaban J connectivity index is 1.79. The van der Waals surface area contributed by atoms with E-state index in [1.165, 1.54) is 33.7 Å². The Morgan fingerprint density at radius 1 is 0.760 bits per heavy atom. The first-order valence-corrected chi connectivity index (χ1v) is 10.6. The van der Waals surface area contributed by atoms with Gasteiger partial charge in [0.25, 0.3) is 20.0 Å². The summed E-state index contributed by atoms with van der Waals surface area (Å²) < 4.78 is 56.3. The molecule has 0 aliphatic carbocycles. The Bertz CT molecular complexity index is 884. The monoisotopic (exact) mass is 388 g/mol. The van der Waals surface area contributed by atoms with Gasteiger partial charge in [0.1, 0.15) is 0 Å². The third-order valence-corrected chi connectivity index (χ3v) is 7.55. The van der Waals surface area contributed by atoms with Gasteiger partial charge in [-0.2, -0.15) is 8.61 Å². The Hall–Kier alpha value is -1.76. The molecule has 0 bridgehead atoms. The SMILES string of the molecule is Cn1cnc(S(=O)(=O)N2CCCN(S(=O)(=O)c3cn(C)cn3)CC2)c1. The minimum Gasteiger partial charge on any atom is -0.339 e. The van der Waals surface area contributed by atoms with Crippen LogP contribution in [0.15, 0.2) is 35.1 Å². The Kier molecular flexibility index (Phi) is 4.70. The smallest absolute Gasteiger partial charge is 0.262 e. The van der Waals surface area contributed by atoms with E-state index in [1.807, 2.05) is 0 Å². The zero-order valence-electron chi connectivity index (χ0n) is 14.0. The summed E-state index contributed by atoms with van der Waals surface area (Å²) in [5.41, 5.74) is 0. The van der Waals surface area contributed by atoms with Gasteiger partial charge >= 0.3 is 0 Å². The summed E-state index contributed by atoms with van der Waals surface area (Å²) in [6.07, 6.45) is 6.11. The molecule has 1 fully saturated rings. The van der Waals surface area contributed by atoms with Crippen LogP contribution in [-0.2, 0) is 34.1 Å². The number of aromatic nitrogens is 4. The molecule has 3 heterocycles. The summed E-state index contributed by atoms with van der Waals surface area (Å²) in [4.78, 5) is 7.80. The average Bonchev–Trinajstić information content (AvgIpc) is 3.08. The van der Waals surface area contributed by atoms with E-state index in [0.29, 0.717) is 6.42 Å². The van der Waals surface area contributed by atoms with E-state index in [4.69, 9.17) is 0 Å². The summed E-state index contributed by atoms with van der Waals surface area (Å²) in [5, 5.41) is -0.0629. The maximum absolute atomic E-state index is 12.6. The molecule has 2 aromatic rings. The van der Waals surface area contributed by atoms with E-state index >= 15 is 0 Å². The summed E-state index contributed by atoms with van der Waals surface area (Å²) in [5.74, 6) is 0. The second kappa shape index (κ2) is 6.52. The van der Waals surface area contributed by atoms with E-state index in [2.05, 4.69) is 9.97 Å². The molecule has 3 rings (SSSR count). The Morgan fingerprint density at radius 2 is 1.16 bits per heavy atom. The van der Waals surface area contributed by atoms with Gasteiger partial charge in [0.15, 0.2) is 10.1 Å². The van der Waals surface area contributed by atoms with Gasteiger partial charge in [-0.25, -0.2) is 26.8 Å². The van der Waals surface area contributed by atoms with Crippen LogP contribution in [0.5, 0.6) is 0 Å². The van der Waals surface area contributed by atoms with Crippen molar-refractivity contribution in [3.8, 4) is 0 Å². The Morgan fingerprint density at radius 3 is 1.48 bits per heavy atom. The second-order valence-electron chi connectivity index (χ2n) is 5.92. The van der Waals surface area contributed by atoms with Crippen LogP contribution in [0.2, 0.25) is 0 Å². The maximum atomic E-state index is 12.6. The minimum atomic E-state index is -3.73. The molecule has 10 nitrogen and oxygen atoms in total. The fraction of sp³-hybridized carbons (Fsp3) is 0.538. The molecule has 0 radical (unpaired) electrons. The van der Waals surface area contributed by atoms with Crippen molar-refractivity contribution < 1.29 is 16.8 Å². The van der Waals surface area contributed by atoms with Crippen molar-refractivity contribution in [1.29, 1.82) is 0 Å². The zero-order valence-corrected chi connectivity index (χ0v) is 15.6. The molecule has 0 aromatic carbocycles. The lowest BCUT2D eigenvalue weighted by atomic mass is 10.4.